The van der Waals surface area contributed by atoms with Crippen molar-refractivity contribution in [1.29, 1.82) is 0 Å². The molecular weight excluding hydrogens is 204 g/mol. The molecule has 94 valence electrons. The van der Waals surface area contributed by atoms with E-state index in [-0.39, 0.29) is 5.97 Å². The zero-order valence-electron chi connectivity index (χ0n) is 10.5. The highest BCUT2D eigenvalue weighted by atomic mass is 16.5. The first kappa shape index (κ1) is 15.2. The molecule has 1 atom stereocenters. The van der Waals surface area contributed by atoms with E-state index >= 15 is 0 Å². The van der Waals surface area contributed by atoms with Crippen molar-refractivity contribution < 1.29 is 14.3 Å². The van der Waals surface area contributed by atoms with Gasteiger partial charge < -0.3 is 9.47 Å². The predicted molar refractivity (Wildman–Crippen MR) is 65.0 cm³/mol. The molecule has 3 nitrogen and oxygen atoms in total. The van der Waals surface area contributed by atoms with Gasteiger partial charge in [-0.05, 0) is 12.3 Å². The molecule has 3 heteroatoms. The molecule has 0 aliphatic carbocycles. The summed E-state index contributed by atoms with van der Waals surface area (Å²) >= 11 is 0. The van der Waals surface area contributed by atoms with Crippen LogP contribution >= 0.6 is 0 Å². The second-order valence-electron chi connectivity index (χ2n) is 3.90. The third kappa shape index (κ3) is 8.48. The Morgan fingerprint density at radius 1 is 1.44 bits per heavy atom. The Bertz CT molecular complexity index is 190. The number of carbonyl (C=O) groups is 1. The lowest BCUT2D eigenvalue weighted by molar-refractivity contribution is -0.139. The zero-order chi connectivity index (χ0) is 12.2. The van der Waals surface area contributed by atoms with Gasteiger partial charge in [0.15, 0.2) is 0 Å². The number of ether oxygens (including phenoxy) is 2. The summed E-state index contributed by atoms with van der Waals surface area (Å²) in [6.45, 7) is 8.88. The van der Waals surface area contributed by atoms with Gasteiger partial charge in [-0.3, -0.25) is 4.79 Å². The summed E-state index contributed by atoms with van der Waals surface area (Å²) in [5.41, 5.74) is 0. The van der Waals surface area contributed by atoms with Gasteiger partial charge >= 0.3 is 5.97 Å². The summed E-state index contributed by atoms with van der Waals surface area (Å²) in [7, 11) is 0. The average molecular weight is 228 g/mol. The van der Waals surface area contributed by atoms with Crippen LogP contribution in [0.2, 0.25) is 0 Å². The van der Waals surface area contributed by atoms with E-state index in [0.29, 0.717) is 18.9 Å². The van der Waals surface area contributed by atoms with Crippen molar-refractivity contribution in [3.63, 3.8) is 0 Å². The van der Waals surface area contributed by atoms with Crippen molar-refractivity contribution in [2.75, 3.05) is 13.2 Å². The number of hydrogen-bond donors (Lipinski definition) is 0. The van der Waals surface area contributed by atoms with Crippen LogP contribution < -0.4 is 0 Å². The first-order chi connectivity index (χ1) is 7.74. The van der Waals surface area contributed by atoms with Gasteiger partial charge in [-0.2, -0.15) is 0 Å². The molecule has 0 amide bonds. The van der Waals surface area contributed by atoms with Crippen molar-refractivity contribution in [1.82, 2.24) is 0 Å². The van der Waals surface area contributed by atoms with Crippen molar-refractivity contribution in [2.24, 2.45) is 5.92 Å². The standard InChI is InChI=1S/C13H24O3/c1-4-7-8-12(5-2)11-15-10-9-13(14)16-6-3/h6,12H,3-5,7-11H2,1-2H3. The number of carbonyl (C=O) groups excluding carboxylic acids is 1. The van der Waals surface area contributed by atoms with Crippen LogP contribution in [0, 0.1) is 5.92 Å². The Morgan fingerprint density at radius 3 is 2.75 bits per heavy atom. The normalized spacial score (nSPS) is 12.1. The molecule has 0 aromatic rings. The summed E-state index contributed by atoms with van der Waals surface area (Å²) in [6.07, 6.45) is 6.28. The Balaban J connectivity index is 3.46. The van der Waals surface area contributed by atoms with Gasteiger partial charge in [0.05, 0.1) is 19.3 Å². The lowest BCUT2D eigenvalue weighted by Crippen LogP contribution is -2.12. The SMILES string of the molecule is C=COC(=O)CCOCC(CC)CCCC. The fourth-order valence-electron chi connectivity index (χ4n) is 1.46. The second-order valence-corrected chi connectivity index (χ2v) is 3.90. The molecule has 0 saturated carbocycles. The molecule has 0 N–H and O–H groups in total. The van der Waals surface area contributed by atoms with Crippen LogP contribution in [0.1, 0.15) is 46.0 Å². The van der Waals surface area contributed by atoms with Crippen molar-refractivity contribution in [3.05, 3.63) is 12.8 Å². The van der Waals surface area contributed by atoms with Gasteiger partial charge in [-0.1, -0.05) is 39.7 Å². The Hall–Kier alpha value is -0.830. The van der Waals surface area contributed by atoms with Gasteiger partial charge in [-0.15, -0.1) is 0 Å². The molecule has 0 aliphatic heterocycles. The van der Waals surface area contributed by atoms with Gasteiger partial charge in [0, 0.05) is 6.61 Å². The highest BCUT2D eigenvalue weighted by Gasteiger charge is 2.06. The Kier molecular flexibility index (Phi) is 10.1. The lowest BCUT2D eigenvalue weighted by Gasteiger charge is -2.14. The lowest BCUT2D eigenvalue weighted by atomic mass is 10.0. The molecule has 0 fully saturated rings. The maximum atomic E-state index is 11.0. The van der Waals surface area contributed by atoms with Crippen molar-refractivity contribution >= 4 is 5.97 Å². The molecule has 0 bridgehead atoms. The molecule has 0 aliphatic rings. The number of hydrogen-bond acceptors (Lipinski definition) is 3. The fourth-order valence-corrected chi connectivity index (χ4v) is 1.46. The molecule has 16 heavy (non-hydrogen) atoms. The van der Waals surface area contributed by atoms with Crippen LogP contribution in [0.4, 0.5) is 0 Å². The first-order valence-corrected chi connectivity index (χ1v) is 6.12. The number of rotatable bonds is 10. The summed E-state index contributed by atoms with van der Waals surface area (Å²) in [5, 5.41) is 0. The number of esters is 1. The first-order valence-electron chi connectivity index (χ1n) is 6.12. The molecule has 0 aromatic carbocycles. The third-order valence-electron chi connectivity index (χ3n) is 2.56. The van der Waals surface area contributed by atoms with E-state index in [4.69, 9.17) is 4.74 Å². The maximum Gasteiger partial charge on any atom is 0.312 e. The topological polar surface area (TPSA) is 35.5 Å². The van der Waals surface area contributed by atoms with Crippen molar-refractivity contribution in [3.8, 4) is 0 Å². The van der Waals surface area contributed by atoms with E-state index in [1.807, 2.05) is 0 Å². The Labute approximate surface area is 98.8 Å². The minimum Gasteiger partial charge on any atom is -0.435 e. The molecule has 1 unspecified atom stereocenters. The maximum absolute atomic E-state index is 11.0. The smallest absolute Gasteiger partial charge is 0.312 e. The minimum atomic E-state index is -0.281. The minimum absolute atomic E-state index is 0.281. The van der Waals surface area contributed by atoms with Gasteiger partial charge in [0.2, 0.25) is 0 Å². The molecule has 0 radical (unpaired) electrons. The molecule has 0 spiro atoms. The summed E-state index contributed by atoms with van der Waals surface area (Å²) in [4.78, 5) is 11.0. The van der Waals surface area contributed by atoms with Gasteiger partial charge in [0.1, 0.15) is 0 Å². The summed E-state index contributed by atoms with van der Waals surface area (Å²) < 4.78 is 10.1. The van der Waals surface area contributed by atoms with Gasteiger partial charge in [0.25, 0.3) is 0 Å². The van der Waals surface area contributed by atoms with E-state index in [1.165, 1.54) is 19.3 Å². The highest BCUT2D eigenvalue weighted by molar-refractivity contribution is 5.69. The van der Waals surface area contributed by atoms with E-state index in [1.54, 1.807) is 0 Å². The third-order valence-corrected chi connectivity index (χ3v) is 2.56. The van der Waals surface area contributed by atoms with Crippen LogP contribution in [0.5, 0.6) is 0 Å². The largest absolute Gasteiger partial charge is 0.435 e. The average Bonchev–Trinajstić information content (AvgIpc) is 2.28. The van der Waals surface area contributed by atoms with Gasteiger partial charge in [-0.25, -0.2) is 0 Å². The fraction of sp³-hybridized carbons (Fsp3) is 0.769. The van der Waals surface area contributed by atoms with E-state index in [9.17, 15) is 4.79 Å². The predicted octanol–water partition coefficient (Wildman–Crippen LogP) is 3.30. The molecular formula is C13H24O3. The van der Waals surface area contributed by atoms with E-state index in [0.717, 1.165) is 19.3 Å². The zero-order valence-corrected chi connectivity index (χ0v) is 10.5. The number of unbranched alkanes of at least 4 members (excludes halogenated alkanes) is 1. The molecule has 0 saturated heterocycles. The summed E-state index contributed by atoms with van der Waals surface area (Å²) in [5.74, 6) is 0.340. The van der Waals surface area contributed by atoms with E-state index in [2.05, 4.69) is 25.2 Å². The Morgan fingerprint density at radius 2 is 2.19 bits per heavy atom. The molecule has 0 rings (SSSR count). The van der Waals surface area contributed by atoms with Crippen LogP contribution in [0.15, 0.2) is 12.8 Å². The van der Waals surface area contributed by atoms with Crippen LogP contribution in [0.25, 0.3) is 0 Å². The van der Waals surface area contributed by atoms with Crippen LogP contribution in [0.3, 0.4) is 0 Å². The van der Waals surface area contributed by atoms with Crippen LogP contribution in [-0.2, 0) is 14.3 Å². The van der Waals surface area contributed by atoms with Crippen molar-refractivity contribution in [2.45, 2.75) is 46.0 Å². The molecule has 0 heterocycles. The summed E-state index contributed by atoms with van der Waals surface area (Å²) in [6, 6.07) is 0. The van der Waals surface area contributed by atoms with E-state index < -0.39 is 0 Å². The second kappa shape index (κ2) is 10.7. The quantitative estimate of drug-likeness (QED) is 0.327. The highest BCUT2D eigenvalue weighted by Crippen LogP contribution is 2.12. The van der Waals surface area contributed by atoms with Crippen LogP contribution in [-0.4, -0.2) is 19.2 Å². The molecule has 0 aromatic heterocycles. The monoisotopic (exact) mass is 228 g/mol.